The molecule has 2 rings (SSSR count). The van der Waals surface area contributed by atoms with Gasteiger partial charge < -0.3 is 24.3 Å². The van der Waals surface area contributed by atoms with Gasteiger partial charge in [0.25, 0.3) is 5.91 Å². The van der Waals surface area contributed by atoms with Crippen LogP contribution in [0, 0.1) is 20.8 Å². The lowest BCUT2D eigenvalue weighted by Crippen LogP contribution is -2.21. The van der Waals surface area contributed by atoms with Gasteiger partial charge in [-0.15, -0.1) is 11.3 Å². The number of ether oxygens (including phenoxy) is 4. The summed E-state index contributed by atoms with van der Waals surface area (Å²) < 4.78 is 20.7. The molecule has 1 N–H and O–H groups in total. The van der Waals surface area contributed by atoms with Crippen molar-refractivity contribution in [2.24, 2.45) is 0 Å². The molecule has 0 aliphatic rings. The van der Waals surface area contributed by atoms with Crippen molar-refractivity contribution in [3.8, 4) is 5.75 Å². The Morgan fingerprint density at radius 3 is 2.45 bits per heavy atom. The highest BCUT2D eigenvalue weighted by atomic mass is 32.1. The van der Waals surface area contributed by atoms with Crippen LogP contribution in [0.15, 0.2) is 18.2 Å². The van der Waals surface area contributed by atoms with Crippen molar-refractivity contribution < 1.29 is 33.3 Å². The van der Waals surface area contributed by atoms with Crippen LogP contribution in [0.5, 0.6) is 5.75 Å². The van der Waals surface area contributed by atoms with E-state index in [1.807, 2.05) is 32.0 Å². The molecule has 0 fully saturated rings. The maximum atomic E-state index is 12.5. The van der Waals surface area contributed by atoms with Crippen molar-refractivity contribution in [2.75, 3.05) is 38.9 Å². The molecule has 9 heteroatoms. The molecule has 1 aromatic carbocycles. The molecule has 1 aromatic heterocycles. The standard InChI is InChI=1S/C22H27NO7S/c1-6-28-21(25)18-15(4)19(22(26)29-10-9-27-5)31-20(18)23-17(24)12-30-16-11-13(2)7-8-14(16)3/h7-8,11H,6,9-10,12H2,1-5H3,(H,23,24). The Hall–Kier alpha value is -2.91. The average molecular weight is 450 g/mol. The third-order valence-electron chi connectivity index (χ3n) is 4.29. The number of aryl methyl sites for hydroxylation is 2. The number of amides is 1. The van der Waals surface area contributed by atoms with Crippen molar-refractivity contribution in [3.63, 3.8) is 0 Å². The smallest absolute Gasteiger partial charge is 0.348 e. The number of hydrogen-bond donors (Lipinski definition) is 1. The van der Waals surface area contributed by atoms with Gasteiger partial charge in [-0.25, -0.2) is 9.59 Å². The number of carbonyl (C=O) groups is 3. The normalized spacial score (nSPS) is 10.5. The van der Waals surface area contributed by atoms with Crippen LogP contribution in [-0.2, 0) is 19.0 Å². The third-order valence-corrected chi connectivity index (χ3v) is 5.47. The molecule has 0 atom stereocenters. The first-order chi connectivity index (χ1) is 14.8. The van der Waals surface area contributed by atoms with Crippen LogP contribution in [-0.4, -0.2) is 51.4 Å². The largest absolute Gasteiger partial charge is 0.483 e. The first-order valence-electron chi connectivity index (χ1n) is 9.74. The molecule has 0 radical (unpaired) electrons. The maximum Gasteiger partial charge on any atom is 0.348 e. The highest BCUT2D eigenvalue weighted by molar-refractivity contribution is 7.18. The summed E-state index contributed by atoms with van der Waals surface area (Å²) in [6.07, 6.45) is 0. The van der Waals surface area contributed by atoms with Crippen LogP contribution < -0.4 is 10.1 Å². The van der Waals surface area contributed by atoms with E-state index in [0.717, 1.165) is 22.5 Å². The fraction of sp³-hybridized carbons (Fsp3) is 0.409. The number of nitrogens with one attached hydrogen (secondary N) is 1. The SMILES string of the molecule is CCOC(=O)c1c(NC(=O)COc2cc(C)ccc2C)sc(C(=O)OCCOC)c1C. The third kappa shape index (κ3) is 6.53. The van der Waals surface area contributed by atoms with Gasteiger partial charge in [0, 0.05) is 7.11 Å². The molecule has 31 heavy (non-hydrogen) atoms. The van der Waals surface area contributed by atoms with E-state index < -0.39 is 17.8 Å². The van der Waals surface area contributed by atoms with Gasteiger partial charge in [-0.3, -0.25) is 4.79 Å². The Kier molecular flexibility index (Phi) is 9.02. The van der Waals surface area contributed by atoms with Crippen molar-refractivity contribution in [3.05, 3.63) is 45.3 Å². The summed E-state index contributed by atoms with van der Waals surface area (Å²) in [6, 6.07) is 5.71. The molecule has 0 aliphatic heterocycles. The van der Waals surface area contributed by atoms with Gasteiger partial charge in [-0.1, -0.05) is 12.1 Å². The van der Waals surface area contributed by atoms with E-state index in [4.69, 9.17) is 18.9 Å². The van der Waals surface area contributed by atoms with Crippen LogP contribution in [0.3, 0.4) is 0 Å². The number of hydrogen-bond acceptors (Lipinski definition) is 8. The van der Waals surface area contributed by atoms with Gasteiger partial charge in [0.05, 0.1) is 18.8 Å². The lowest BCUT2D eigenvalue weighted by Gasteiger charge is -2.10. The summed E-state index contributed by atoms with van der Waals surface area (Å²) in [5, 5.41) is 2.87. The molecule has 0 unspecified atom stereocenters. The average Bonchev–Trinajstić information content (AvgIpc) is 3.04. The summed E-state index contributed by atoms with van der Waals surface area (Å²) in [4.78, 5) is 37.6. The Morgan fingerprint density at radius 1 is 1.03 bits per heavy atom. The summed E-state index contributed by atoms with van der Waals surface area (Å²) in [7, 11) is 1.50. The first-order valence-corrected chi connectivity index (χ1v) is 10.6. The van der Waals surface area contributed by atoms with Gasteiger partial charge >= 0.3 is 11.9 Å². The number of benzene rings is 1. The molecule has 1 amide bonds. The van der Waals surface area contributed by atoms with E-state index in [2.05, 4.69) is 5.32 Å². The second kappa shape index (κ2) is 11.5. The first kappa shape index (κ1) is 24.4. The fourth-order valence-corrected chi connectivity index (χ4v) is 3.80. The Balaban J connectivity index is 2.19. The Morgan fingerprint density at radius 2 is 1.77 bits per heavy atom. The Bertz CT molecular complexity index is 952. The maximum absolute atomic E-state index is 12.5. The summed E-state index contributed by atoms with van der Waals surface area (Å²) in [5.74, 6) is -1.09. The van der Waals surface area contributed by atoms with E-state index in [1.54, 1.807) is 13.8 Å². The zero-order chi connectivity index (χ0) is 23.0. The molecule has 2 aromatic rings. The molecular formula is C22H27NO7S. The lowest BCUT2D eigenvalue weighted by atomic mass is 10.1. The second-order valence-corrected chi connectivity index (χ2v) is 7.74. The summed E-state index contributed by atoms with van der Waals surface area (Å²) in [6.45, 7) is 7.33. The predicted molar refractivity (Wildman–Crippen MR) is 117 cm³/mol. The predicted octanol–water partition coefficient (Wildman–Crippen LogP) is 3.67. The topological polar surface area (TPSA) is 100 Å². The molecule has 0 bridgehead atoms. The van der Waals surface area contributed by atoms with E-state index >= 15 is 0 Å². The minimum atomic E-state index is -0.627. The van der Waals surface area contributed by atoms with Gasteiger partial charge in [0.15, 0.2) is 6.61 Å². The van der Waals surface area contributed by atoms with Gasteiger partial charge in [-0.2, -0.15) is 0 Å². The van der Waals surface area contributed by atoms with E-state index in [0.29, 0.717) is 11.3 Å². The van der Waals surface area contributed by atoms with Gasteiger partial charge in [0.2, 0.25) is 0 Å². The van der Waals surface area contributed by atoms with Gasteiger partial charge in [-0.05, 0) is 50.5 Å². The Labute approximate surface area is 185 Å². The molecule has 8 nitrogen and oxygen atoms in total. The fourth-order valence-electron chi connectivity index (χ4n) is 2.70. The van der Waals surface area contributed by atoms with Gasteiger partial charge in [0.1, 0.15) is 22.2 Å². The zero-order valence-electron chi connectivity index (χ0n) is 18.3. The number of rotatable bonds is 10. The van der Waals surface area contributed by atoms with Crippen molar-refractivity contribution in [2.45, 2.75) is 27.7 Å². The monoisotopic (exact) mass is 449 g/mol. The molecule has 0 aliphatic carbocycles. The molecule has 1 heterocycles. The molecule has 0 saturated heterocycles. The summed E-state index contributed by atoms with van der Waals surface area (Å²) >= 11 is 0.958. The van der Waals surface area contributed by atoms with Crippen LogP contribution in [0.1, 0.15) is 43.6 Å². The number of thiophene rings is 1. The number of anilines is 1. The molecule has 0 saturated carbocycles. The number of esters is 2. The highest BCUT2D eigenvalue weighted by Gasteiger charge is 2.27. The van der Waals surface area contributed by atoms with E-state index in [-0.39, 0.29) is 41.9 Å². The highest BCUT2D eigenvalue weighted by Crippen LogP contribution is 2.34. The number of carbonyl (C=O) groups excluding carboxylic acids is 3. The van der Waals surface area contributed by atoms with E-state index in [1.165, 1.54) is 7.11 Å². The van der Waals surface area contributed by atoms with Crippen LogP contribution in [0.2, 0.25) is 0 Å². The molecule has 168 valence electrons. The van der Waals surface area contributed by atoms with Crippen LogP contribution >= 0.6 is 11.3 Å². The second-order valence-electron chi connectivity index (χ2n) is 6.72. The zero-order valence-corrected chi connectivity index (χ0v) is 19.1. The van der Waals surface area contributed by atoms with Crippen molar-refractivity contribution in [1.29, 1.82) is 0 Å². The minimum Gasteiger partial charge on any atom is -0.483 e. The lowest BCUT2D eigenvalue weighted by molar-refractivity contribution is -0.118. The summed E-state index contributed by atoms with van der Waals surface area (Å²) in [5.41, 5.74) is 2.43. The van der Waals surface area contributed by atoms with E-state index in [9.17, 15) is 14.4 Å². The quantitative estimate of drug-likeness (QED) is 0.436. The van der Waals surface area contributed by atoms with Crippen molar-refractivity contribution in [1.82, 2.24) is 0 Å². The van der Waals surface area contributed by atoms with Crippen LogP contribution in [0.4, 0.5) is 5.00 Å². The van der Waals surface area contributed by atoms with Crippen molar-refractivity contribution >= 4 is 34.2 Å². The molecular weight excluding hydrogens is 422 g/mol. The molecule has 0 spiro atoms. The minimum absolute atomic E-state index is 0.0762. The van der Waals surface area contributed by atoms with Crippen LogP contribution in [0.25, 0.3) is 0 Å². The number of methoxy groups -OCH3 is 1.